The first kappa shape index (κ1) is 20.4. The summed E-state index contributed by atoms with van der Waals surface area (Å²) in [5, 5.41) is 21.9. The number of benzene rings is 2. The Hall–Kier alpha value is -3.88. The first-order valence-electron chi connectivity index (χ1n) is 9.97. The van der Waals surface area contributed by atoms with Crippen molar-refractivity contribution in [2.75, 3.05) is 5.32 Å². The van der Waals surface area contributed by atoms with Gasteiger partial charge in [-0.05, 0) is 42.7 Å². The highest BCUT2D eigenvalue weighted by Gasteiger charge is 2.17. The SMILES string of the molecule is O=C(/C=C/c1cccc([N+](=O)[O-])c1)Nc1cc(-c2nnc3n2CCCCC3)ccc1F. The largest absolute Gasteiger partial charge is 0.320 e. The Kier molecular flexibility index (Phi) is 5.83. The van der Waals surface area contributed by atoms with E-state index in [1.807, 2.05) is 4.57 Å². The van der Waals surface area contributed by atoms with Crippen LogP contribution in [0.3, 0.4) is 0 Å². The quantitative estimate of drug-likeness (QED) is 0.374. The average molecular weight is 421 g/mol. The van der Waals surface area contributed by atoms with Gasteiger partial charge in [-0.25, -0.2) is 4.39 Å². The summed E-state index contributed by atoms with van der Waals surface area (Å²) in [6.07, 6.45) is 6.73. The summed E-state index contributed by atoms with van der Waals surface area (Å²) >= 11 is 0. The second-order valence-corrected chi connectivity index (χ2v) is 7.27. The van der Waals surface area contributed by atoms with Crippen molar-refractivity contribution in [1.82, 2.24) is 14.8 Å². The van der Waals surface area contributed by atoms with Gasteiger partial charge in [0, 0.05) is 36.7 Å². The molecule has 158 valence electrons. The van der Waals surface area contributed by atoms with Gasteiger partial charge in [-0.2, -0.15) is 0 Å². The minimum Gasteiger partial charge on any atom is -0.320 e. The van der Waals surface area contributed by atoms with E-state index in [1.165, 1.54) is 42.5 Å². The molecular weight excluding hydrogens is 401 g/mol. The Morgan fingerprint density at radius 3 is 2.87 bits per heavy atom. The van der Waals surface area contributed by atoms with Gasteiger partial charge in [-0.1, -0.05) is 18.6 Å². The van der Waals surface area contributed by atoms with Crippen LogP contribution in [0.25, 0.3) is 17.5 Å². The second kappa shape index (κ2) is 8.86. The number of fused-ring (bicyclic) bond motifs is 1. The van der Waals surface area contributed by atoms with Crippen LogP contribution in [0.15, 0.2) is 48.5 Å². The third-order valence-corrected chi connectivity index (χ3v) is 5.10. The Labute approximate surface area is 177 Å². The second-order valence-electron chi connectivity index (χ2n) is 7.27. The van der Waals surface area contributed by atoms with E-state index in [4.69, 9.17) is 0 Å². The molecule has 4 rings (SSSR count). The smallest absolute Gasteiger partial charge is 0.270 e. The van der Waals surface area contributed by atoms with Gasteiger partial charge in [0.15, 0.2) is 5.82 Å². The Morgan fingerprint density at radius 1 is 1.16 bits per heavy atom. The van der Waals surface area contributed by atoms with Crippen molar-refractivity contribution in [3.05, 3.63) is 75.9 Å². The van der Waals surface area contributed by atoms with Crippen molar-refractivity contribution in [3.63, 3.8) is 0 Å². The molecular formula is C22H20FN5O3. The third-order valence-electron chi connectivity index (χ3n) is 5.10. The summed E-state index contributed by atoms with van der Waals surface area (Å²) in [5.74, 6) is 0.445. The van der Waals surface area contributed by atoms with Crippen LogP contribution >= 0.6 is 0 Å². The van der Waals surface area contributed by atoms with Crippen LogP contribution < -0.4 is 5.32 Å². The van der Waals surface area contributed by atoms with Gasteiger partial charge in [0.2, 0.25) is 5.91 Å². The van der Waals surface area contributed by atoms with Crippen molar-refractivity contribution in [2.24, 2.45) is 0 Å². The highest BCUT2D eigenvalue weighted by molar-refractivity contribution is 6.02. The molecule has 0 spiro atoms. The third kappa shape index (κ3) is 4.66. The summed E-state index contributed by atoms with van der Waals surface area (Å²) in [6, 6.07) is 10.3. The van der Waals surface area contributed by atoms with Gasteiger partial charge in [-0.3, -0.25) is 14.9 Å². The number of non-ortho nitro benzene ring substituents is 1. The molecule has 2 aromatic carbocycles. The molecule has 0 saturated heterocycles. The highest BCUT2D eigenvalue weighted by atomic mass is 19.1. The standard InChI is InChI=1S/C22H20FN5O3/c23-18-10-9-16(22-26-25-20-7-2-1-3-12-27(20)22)14-19(18)24-21(29)11-8-15-5-4-6-17(13-15)28(30)31/h4-6,8-11,13-14H,1-3,7,12H2,(H,24,29)/b11-8+. The zero-order valence-corrected chi connectivity index (χ0v) is 16.6. The van der Waals surface area contributed by atoms with Gasteiger partial charge >= 0.3 is 0 Å². The van der Waals surface area contributed by atoms with E-state index in [1.54, 1.807) is 12.1 Å². The number of nitro benzene ring substituents is 1. The number of rotatable bonds is 5. The minimum absolute atomic E-state index is 0.0252. The molecule has 1 aliphatic heterocycles. The maximum atomic E-state index is 14.3. The molecule has 0 unspecified atom stereocenters. The van der Waals surface area contributed by atoms with E-state index in [0.717, 1.165) is 38.1 Å². The lowest BCUT2D eigenvalue weighted by Crippen LogP contribution is -2.10. The van der Waals surface area contributed by atoms with Crippen LogP contribution in [0.1, 0.15) is 30.7 Å². The number of halogens is 1. The van der Waals surface area contributed by atoms with E-state index >= 15 is 0 Å². The van der Waals surface area contributed by atoms with Crippen LogP contribution in [0.4, 0.5) is 15.8 Å². The van der Waals surface area contributed by atoms with E-state index in [9.17, 15) is 19.3 Å². The van der Waals surface area contributed by atoms with Crippen molar-refractivity contribution in [1.29, 1.82) is 0 Å². The first-order valence-corrected chi connectivity index (χ1v) is 9.97. The molecule has 0 saturated carbocycles. The van der Waals surface area contributed by atoms with Crippen LogP contribution in [-0.2, 0) is 17.8 Å². The monoisotopic (exact) mass is 421 g/mol. The zero-order valence-electron chi connectivity index (χ0n) is 16.6. The fraction of sp³-hybridized carbons (Fsp3) is 0.227. The van der Waals surface area contributed by atoms with Crippen LogP contribution in [0.2, 0.25) is 0 Å². The number of anilines is 1. The number of carbonyl (C=O) groups excluding carboxylic acids is 1. The van der Waals surface area contributed by atoms with Gasteiger partial charge in [-0.15, -0.1) is 10.2 Å². The maximum absolute atomic E-state index is 14.3. The number of hydrogen-bond acceptors (Lipinski definition) is 5. The molecule has 3 aromatic rings. The summed E-state index contributed by atoms with van der Waals surface area (Å²) < 4.78 is 16.4. The molecule has 0 atom stereocenters. The molecule has 9 heteroatoms. The topological polar surface area (TPSA) is 103 Å². The number of carbonyl (C=O) groups is 1. The van der Waals surface area contributed by atoms with Gasteiger partial charge in [0.05, 0.1) is 10.6 Å². The summed E-state index contributed by atoms with van der Waals surface area (Å²) in [6.45, 7) is 0.808. The molecule has 0 bridgehead atoms. The lowest BCUT2D eigenvalue weighted by atomic mass is 10.1. The van der Waals surface area contributed by atoms with E-state index in [0.29, 0.717) is 17.0 Å². The molecule has 0 fully saturated rings. The molecule has 1 aromatic heterocycles. The molecule has 2 heterocycles. The lowest BCUT2D eigenvalue weighted by Gasteiger charge is -2.09. The van der Waals surface area contributed by atoms with Crippen molar-refractivity contribution < 1.29 is 14.1 Å². The Morgan fingerprint density at radius 2 is 2.03 bits per heavy atom. The van der Waals surface area contributed by atoms with Crippen molar-refractivity contribution in [2.45, 2.75) is 32.2 Å². The highest BCUT2D eigenvalue weighted by Crippen LogP contribution is 2.26. The normalized spacial score (nSPS) is 13.6. The number of hydrogen-bond donors (Lipinski definition) is 1. The predicted molar refractivity (Wildman–Crippen MR) is 114 cm³/mol. The molecule has 31 heavy (non-hydrogen) atoms. The fourth-order valence-corrected chi connectivity index (χ4v) is 3.55. The molecule has 8 nitrogen and oxygen atoms in total. The van der Waals surface area contributed by atoms with Crippen LogP contribution in [-0.4, -0.2) is 25.6 Å². The predicted octanol–water partition coefficient (Wildman–Crippen LogP) is 4.37. The number of aromatic nitrogens is 3. The number of nitrogens with zero attached hydrogens (tertiary/aromatic N) is 4. The summed E-state index contributed by atoms with van der Waals surface area (Å²) in [7, 11) is 0. The number of nitro groups is 1. The van der Waals surface area contributed by atoms with Gasteiger partial charge in [0.25, 0.3) is 5.69 Å². The average Bonchev–Trinajstić information content (AvgIpc) is 3.02. The minimum atomic E-state index is -0.573. The fourth-order valence-electron chi connectivity index (χ4n) is 3.55. The van der Waals surface area contributed by atoms with Crippen LogP contribution in [0, 0.1) is 15.9 Å². The van der Waals surface area contributed by atoms with E-state index in [-0.39, 0.29) is 11.4 Å². The molecule has 1 aliphatic rings. The lowest BCUT2D eigenvalue weighted by molar-refractivity contribution is -0.384. The number of nitrogens with one attached hydrogen (secondary N) is 1. The van der Waals surface area contributed by atoms with Gasteiger partial charge in [0.1, 0.15) is 11.6 Å². The first-order chi connectivity index (χ1) is 15.0. The molecule has 1 N–H and O–H groups in total. The van der Waals surface area contributed by atoms with E-state index in [2.05, 4.69) is 15.5 Å². The van der Waals surface area contributed by atoms with Gasteiger partial charge < -0.3 is 9.88 Å². The van der Waals surface area contributed by atoms with Crippen LogP contribution in [0.5, 0.6) is 0 Å². The summed E-state index contributed by atoms with van der Waals surface area (Å²) in [5.41, 5.74) is 1.11. The Balaban J connectivity index is 1.53. The molecule has 0 aliphatic carbocycles. The number of amides is 1. The number of aryl methyl sites for hydroxylation is 1. The molecule has 0 radical (unpaired) electrons. The van der Waals surface area contributed by atoms with Crippen molar-refractivity contribution in [3.8, 4) is 11.4 Å². The maximum Gasteiger partial charge on any atom is 0.270 e. The zero-order chi connectivity index (χ0) is 21.8. The summed E-state index contributed by atoms with van der Waals surface area (Å²) in [4.78, 5) is 22.6. The van der Waals surface area contributed by atoms with Crippen molar-refractivity contribution >= 4 is 23.4 Å². The molecule has 1 amide bonds. The Bertz CT molecular complexity index is 1170. The van der Waals surface area contributed by atoms with E-state index < -0.39 is 16.6 Å².